The van der Waals surface area contributed by atoms with E-state index in [0.29, 0.717) is 19.5 Å². The lowest BCUT2D eigenvalue weighted by Gasteiger charge is -2.19. The Bertz CT molecular complexity index is 1070. The van der Waals surface area contributed by atoms with Crippen molar-refractivity contribution in [2.45, 2.75) is 39.4 Å². The third-order valence-electron chi connectivity index (χ3n) is 4.98. The minimum atomic E-state index is -0.665. The number of pyridine rings is 1. The number of rotatable bonds is 4. The molecule has 10 heteroatoms. The second-order valence-electron chi connectivity index (χ2n) is 7.09. The first kappa shape index (κ1) is 18.8. The van der Waals surface area contributed by atoms with Crippen molar-refractivity contribution in [1.29, 1.82) is 0 Å². The number of likely N-dealkylation sites (N-methyl/N-ethyl adjacent to an activating group) is 1. The average molecular weight is 394 g/mol. The minimum Gasteiger partial charge on any atom is -0.337 e. The molecule has 0 bridgehead atoms. The molecule has 4 heterocycles. The Morgan fingerprint density at radius 1 is 1.28 bits per heavy atom. The number of nitrogens with one attached hydrogen (secondary N) is 1. The monoisotopic (exact) mass is 394 g/mol. The van der Waals surface area contributed by atoms with Crippen molar-refractivity contribution in [2.24, 2.45) is 0 Å². The number of carbonyl (C=O) groups is 2. The van der Waals surface area contributed by atoms with Gasteiger partial charge >= 0.3 is 0 Å². The van der Waals surface area contributed by atoms with Crippen LogP contribution in [-0.4, -0.2) is 54.4 Å². The van der Waals surface area contributed by atoms with Gasteiger partial charge in [-0.25, -0.2) is 14.3 Å². The van der Waals surface area contributed by atoms with E-state index < -0.39 is 11.9 Å². The van der Waals surface area contributed by atoms with Gasteiger partial charge < -0.3 is 5.32 Å². The number of anilines is 1. The van der Waals surface area contributed by atoms with E-state index in [9.17, 15) is 9.59 Å². The Morgan fingerprint density at radius 3 is 2.90 bits per heavy atom. The summed E-state index contributed by atoms with van der Waals surface area (Å²) in [4.78, 5) is 35.3. The zero-order valence-corrected chi connectivity index (χ0v) is 16.5. The zero-order valence-electron chi connectivity index (χ0n) is 16.5. The number of nitrogens with zero attached hydrogens (tertiary/aromatic N) is 7. The number of hydrogen-bond acceptors (Lipinski definition) is 6. The van der Waals surface area contributed by atoms with Gasteiger partial charge in [0.25, 0.3) is 11.8 Å². The SMILES string of the molecule is Cc1cc2n(n1)CC[C@H](NC(=O)c1ncn(Cc3cccnc3C)n1)C(=O)N2C. The molecule has 0 aromatic carbocycles. The van der Waals surface area contributed by atoms with Crippen LogP contribution in [0.1, 0.15) is 34.0 Å². The van der Waals surface area contributed by atoms with Gasteiger partial charge in [0.1, 0.15) is 18.2 Å². The highest BCUT2D eigenvalue weighted by Gasteiger charge is 2.31. The number of amides is 2. The number of aryl methyl sites for hydroxylation is 3. The zero-order chi connectivity index (χ0) is 20.5. The van der Waals surface area contributed by atoms with Gasteiger partial charge in [0, 0.05) is 31.5 Å². The summed E-state index contributed by atoms with van der Waals surface area (Å²) in [7, 11) is 1.68. The minimum absolute atomic E-state index is 0.0276. The molecule has 1 N–H and O–H groups in total. The predicted molar refractivity (Wildman–Crippen MR) is 104 cm³/mol. The van der Waals surface area contributed by atoms with Crippen LogP contribution in [0, 0.1) is 13.8 Å². The molecule has 0 unspecified atom stereocenters. The molecule has 0 aliphatic carbocycles. The molecular weight excluding hydrogens is 372 g/mol. The molecule has 2 amide bonds. The second kappa shape index (κ2) is 7.46. The number of fused-ring (bicyclic) bond motifs is 1. The highest BCUT2D eigenvalue weighted by atomic mass is 16.2. The van der Waals surface area contributed by atoms with Gasteiger partial charge in [0.2, 0.25) is 5.82 Å². The smallest absolute Gasteiger partial charge is 0.291 e. The second-order valence-corrected chi connectivity index (χ2v) is 7.09. The van der Waals surface area contributed by atoms with E-state index in [-0.39, 0.29) is 11.7 Å². The van der Waals surface area contributed by atoms with Gasteiger partial charge in [-0.15, -0.1) is 5.10 Å². The maximum atomic E-state index is 12.8. The molecule has 4 rings (SSSR count). The van der Waals surface area contributed by atoms with Gasteiger partial charge in [-0.05, 0) is 31.9 Å². The molecule has 1 aliphatic rings. The van der Waals surface area contributed by atoms with E-state index in [0.717, 1.165) is 22.8 Å². The topological polar surface area (TPSA) is 111 Å². The van der Waals surface area contributed by atoms with Crippen LogP contribution in [0.5, 0.6) is 0 Å². The summed E-state index contributed by atoms with van der Waals surface area (Å²) >= 11 is 0. The van der Waals surface area contributed by atoms with Crippen molar-refractivity contribution >= 4 is 17.6 Å². The maximum absolute atomic E-state index is 12.8. The third kappa shape index (κ3) is 3.73. The molecule has 3 aromatic heterocycles. The van der Waals surface area contributed by atoms with Crippen LogP contribution in [0.2, 0.25) is 0 Å². The largest absolute Gasteiger partial charge is 0.337 e. The van der Waals surface area contributed by atoms with E-state index >= 15 is 0 Å². The van der Waals surface area contributed by atoms with Crippen LogP contribution in [0.4, 0.5) is 5.82 Å². The Kier molecular flexibility index (Phi) is 4.83. The van der Waals surface area contributed by atoms with E-state index in [1.54, 1.807) is 22.6 Å². The van der Waals surface area contributed by atoms with Gasteiger partial charge in [-0.1, -0.05) is 6.07 Å². The normalized spacial score (nSPS) is 16.4. The fraction of sp³-hybridized carbons (Fsp3) is 0.368. The number of carbonyl (C=O) groups excluding carboxylic acids is 2. The molecule has 0 radical (unpaired) electrons. The molecule has 0 saturated carbocycles. The fourth-order valence-electron chi connectivity index (χ4n) is 3.38. The molecule has 10 nitrogen and oxygen atoms in total. The molecule has 29 heavy (non-hydrogen) atoms. The van der Waals surface area contributed by atoms with E-state index in [4.69, 9.17) is 0 Å². The summed E-state index contributed by atoms with van der Waals surface area (Å²) in [6, 6.07) is 5.00. The van der Waals surface area contributed by atoms with Crippen molar-refractivity contribution in [2.75, 3.05) is 11.9 Å². The van der Waals surface area contributed by atoms with Gasteiger partial charge in [-0.3, -0.25) is 19.5 Å². The van der Waals surface area contributed by atoms with E-state index in [2.05, 4.69) is 25.5 Å². The Balaban J connectivity index is 1.44. The fourth-order valence-corrected chi connectivity index (χ4v) is 3.38. The first-order chi connectivity index (χ1) is 13.9. The van der Waals surface area contributed by atoms with E-state index in [1.165, 1.54) is 11.2 Å². The molecular formula is C19H22N8O2. The van der Waals surface area contributed by atoms with Gasteiger partial charge in [-0.2, -0.15) is 5.10 Å². The molecule has 1 atom stereocenters. The summed E-state index contributed by atoms with van der Waals surface area (Å²) < 4.78 is 3.36. The van der Waals surface area contributed by atoms with Gasteiger partial charge in [0.15, 0.2) is 0 Å². The van der Waals surface area contributed by atoms with Crippen molar-refractivity contribution < 1.29 is 9.59 Å². The summed E-state index contributed by atoms with van der Waals surface area (Å²) in [5, 5.41) is 11.4. The standard InChI is InChI=1S/C19H22N8O2/c1-12-9-16-25(3)19(29)15(6-8-27(16)23-12)22-18(28)17-21-11-26(24-17)10-14-5-4-7-20-13(14)2/h4-5,7,9,11,15H,6,8,10H2,1-3H3,(H,22,28)/t15-/m0/s1. The van der Waals surface area contributed by atoms with Crippen molar-refractivity contribution in [3.63, 3.8) is 0 Å². The van der Waals surface area contributed by atoms with Crippen LogP contribution in [0.25, 0.3) is 0 Å². The summed E-state index contributed by atoms with van der Waals surface area (Å²) in [5.41, 5.74) is 2.74. The van der Waals surface area contributed by atoms with E-state index in [1.807, 2.05) is 32.0 Å². The summed E-state index contributed by atoms with van der Waals surface area (Å²) in [6.45, 7) is 4.80. The Labute approximate surface area is 167 Å². The van der Waals surface area contributed by atoms with Crippen LogP contribution >= 0.6 is 0 Å². The van der Waals surface area contributed by atoms with Crippen LogP contribution in [0.15, 0.2) is 30.7 Å². The van der Waals surface area contributed by atoms with Crippen LogP contribution < -0.4 is 10.2 Å². The number of hydrogen-bond donors (Lipinski definition) is 1. The van der Waals surface area contributed by atoms with Crippen molar-refractivity contribution in [3.8, 4) is 0 Å². The highest BCUT2D eigenvalue weighted by molar-refractivity contribution is 6.00. The summed E-state index contributed by atoms with van der Waals surface area (Å²) in [5.74, 6) is 0.0786. The number of aromatic nitrogens is 6. The lowest BCUT2D eigenvalue weighted by Crippen LogP contribution is -2.47. The summed E-state index contributed by atoms with van der Waals surface area (Å²) in [6.07, 6.45) is 3.67. The van der Waals surface area contributed by atoms with Crippen molar-refractivity contribution in [1.82, 2.24) is 34.8 Å². The Hall–Kier alpha value is -3.56. The third-order valence-corrected chi connectivity index (χ3v) is 4.98. The molecule has 1 aliphatic heterocycles. The lowest BCUT2D eigenvalue weighted by atomic mass is 10.2. The van der Waals surface area contributed by atoms with Crippen molar-refractivity contribution in [3.05, 3.63) is 53.5 Å². The lowest BCUT2D eigenvalue weighted by molar-refractivity contribution is -0.120. The molecule has 3 aromatic rings. The first-order valence-electron chi connectivity index (χ1n) is 9.35. The van der Waals surface area contributed by atoms with Crippen LogP contribution in [0.3, 0.4) is 0 Å². The van der Waals surface area contributed by atoms with Crippen LogP contribution in [-0.2, 0) is 17.9 Å². The first-order valence-corrected chi connectivity index (χ1v) is 9.35. The molecule has 0 fully saturated rings. The molecule has 150 valence electrons. The quantitative estimate of drug-likeness (QED) is 0.697. The highest BCUT2D eigenvalue weighted by Crippen LogP contribution is 2.20. The maximum Gasteiger partial charge on any atom is 0.291 e. The molecule has 0 saturated heterocycles. The van der Waals surface area contributed by atoms with Gasteiger partial charge in [0.05, 0.1) is 12.2 Å². The predicted octanol–water partition coefficient (Wildman–Crippen LogP) is 0.700. The Morgan fingerprint density at radius 2 is 2.10 bits per heavy atom. The average Bonchev–Trinajstić information content (AvgIpc) is 3.30. The molecule has 0 spiro atoms.